The fourth-order valence-electron chi connectivity index (χ4n) is 1.90. The van der Waals surface area contributed by atoms with Crippen LogP contribution in [0.4, 0.5) is 5.69 Å². The minimum atomic E-state index is -0.610. The van der Waals surface area contributed by atoms with E-state index in [9.17, 15) is 14.9 Å². The second kappa shape index (κ2) is 7.65. The molecule has 7 nitrogen and oxygen atoms in total. The normalized spacial score (nSPS) is 10.3. The molecule has 7 heteroatoms. The van der Waals surface area contributed by atoms with Crippen molar-refractivity contribution in [1.82, 2.24) is 0 Å². The summed E-state index contributed by atoms with van der Waals surface area (Å²) in [6, 6.07) is 7.59. The van der Waals surface area contributed by atoms with Gasteiger partial charge in [0.1, 0.15) is 17.3 Å². The standard InChI is InChI=1S/C17H13NO6/c1-3-10-23-17(19)9-6-12-5-8-16(24-12)14-7-4-13(22-2)11-15(14)18(20)21/h1,4-9,11H,10H2,2H3/b9-6+. The highest BCUT2D eigenvalue weighted by Gasteiger charge is 2.19. The highest BCUT2D eigenvalue weighted by molar-refractivity contribution is 5.86. The van der Waals surface area contributed by atoms with Gasteiger partial charge in [-0.25, -0.2) is 4.79 Å². The first-order valence-electron chi connectivity index (χ1n) is 6.76. The number of nitro groups is 1. The number of hydrogen-bond acceptors (Lipinski definition) is 6. The fraction of sp³-hybridized carbons (Fsp3) is 0.118. The number of nitrogens with zero attached hydrogens (tertiary/aromatic N) is 1. The van der Waals surface area contributed by atoms with Gasteiger partial charge in [-0.1, -0.05) is 5.92 Å². The molecule has 0 aliphatic rings. The average molecular weight is 327 g/mol. The zero-order valence-electron chi connectivity index (χ0n) is 12.7. The summed E-state index contributed by atoms with van der Waals surface area (Å²) in [5.74, 6) is 2.57. The molecule has 122 valence electrons. The minimum absolute atomic E-state index is 0.120. The van der Waals surface area contributed by atoms with Crippen molar-refractivity contribution in [2.24, 2.45) is 0 Å². The number of esters is 1. The Morgan fingerprint density at radius 2 is 2.21 bits per heavy atom. The lowest BCUT2D eigenvalue weighted by atomic mass is 10.1. The molecular formula is C17H13NO6. The van der Waals surface area contributed by atoms with Gasteiger partial charge in [-0.05, 0) is 30.3 Å². The first kappa shape index (κ1) is 16.8. The molecule has 0 N–H and O–H groups in total. The van der Waals surface area contributed by atoms with E-state index in [1.807, 2.05) is 0 Å². The van der Waals surface area contributed by atoms with Gasteiger partial charge in [0.05, 0.1) is 23.7 Å². The predicted molar refractivity (Wildman–Crippen MR) is 86.2 cm³/mol. The molecule has 0 bridgehead atoms. The van der Waals surface area contributed by atoms with E-state index in [0.29, 0.717) is 22.8 Å². The summed E-state index contributed by atoms with van der Waals surface area (Å²) < 4.78 is 15.2. The molecule has 0 aliphatic carbocycles. The number of terminal acetylenes is 1. The molecule has 0 atom stereocenters. The van der Waals surface area contributed by atoms with Gasteiger partial charge in [-0.2, -0.15) is 0 Å². The minimum Gasteiger partial charge on any atom is -0.497 e. The maximum atomic E-state index is 11.3. The van der Waals surface area contributed by atoms with Crippen molar-refractivity contribution in [3.8, 4) is 29.4 Å². The van der Waals surface area contributed by atoms with E-state index in [0.717, 1.165) is 6.08 Å². The Bertz CT molecular complexity index is 828. The average Bonchev–Trinajstić information content (AvgIpc) is 3.06. The summed E-state index contributed by atoms with van der Waals surface area (Å²) in [4.78, 5) is 22.0. The van der Waals surface area contributed by atoms with Crippen molar-refractivity contribution < 1.29 is 23.6 Å². The molecule has 0 radical (unpaired) electrons. The lowest BCUT2D eigenvalue weighted by Gasteiger charge is -2.03. The summed E-state index contributed by atoms with van der Waals surface area (Å²) in [7, 11) is 1.42. The number of methoxy groups -OCH3 is 1. The summed E-state index contributed by atoms with van der Waals surface area (Å²) in [5.41, 5.74) is 0.156. The fourth-order valence-corrected chi connectivity index (χ4v) is 1.90. The topological polar surface area (TPSA) is 91.8 Å². The van der Waals surface area contributed by atoms with Crippen molar-refractivity contribution in [2.45, 2.75) is 0 Å². The Hall–Kier alpha value is -3.53. The molecule has 0 amide bonds. The largest absolute Gasteiger partial charge is 0.497 e. The maximum Gasteiger partial charge on any atom is 0.331 e. The van der Waals surface area contributed by atoms with Crippen molar-refractivity contribution in [1.29, 1.82) is 0 Å². The Balaban J connectivity index is 2.25. The number of benzene rings is 1. The molecule has 1 aromatic heterocycles. The van der Waals surface area contributed by atoms with Crippen LogP contribution in [0.3, 0.4) is 0 Å². The third kappa shape index (κ3) is 4.01. The van der Waals surface area contributed by atoms with Gasteiger partial charge < -0.3 is 13.9 Å². The highest BCUT2D eigenvalue weighted by Crippen LogP contribution is 2.34. The number of carbonyl (C=O) groups excluding carboxylic acids is 1. The van der Waals surface area contributed by atoms with Gasteiger partial charge in [0.15, 0.2) is 6.61 Å². The van der Waals surface area contributed by atoms with Gasteiger partial charge in [0.2, 0.25) is 0 Å². The van der Waals surface area contributed by atoms with Crippen LogP contribution in [0.2, 0.25) is 0 Å². The van der Waals surface area contributed by atoms with Crippen LogP contribution in [0.5, 0.6) is 5.75 Å². The van der Waals surface area contributed by atoms with Gasteiger partial charge in [0.25, 0.3) is 5.69 Å². The Kier molecular flexibility index (Phi) is 5.36. The van der Waals surface area contributed by atoms with E-state index in [1.165, 1.54) is 25.3 Å². The molecule has 2 rings (SSSR count). The molecule has 0 unspecified atom stereocenters. The molecule has 0 saturated heterocycles. The third-order valence-corrected chi connectivity index (χ3v) is 2.98. The maximum absolute atomic E-state index is 11.3. The van der Waals surface area contributed by atoms with Crippen molar-refractivity contribution in [3.63, 3.8) is 0 Å². The molecule has 24 heavy (non-hydrogen) atoms. The number of carbonyl (C=O) groups is 1. The molecular weight excluding hydrogens is 314 g/mol. The smallest absolute Gasteiger partial charge is 0.331 e. The summed E-state index contributed by atoms with van der Waals surface area (Å²) in [6.07, 6.45) is 7.52. The van der Waals surface area contributed by atoms with Crippen LogP contribution < -0.4 is 4.74 Å². The Labute approximate surface area is 137 Å². The zero-order chi connectivity index (χ0) is 17.5. The van der Waals surface area contributed by atoms with Crippen LogP contribution in [0.1, 0.15) is 5.76 Å². The Morgan fingerprint density at radius 1 is 1.42 bits per heavy atom. The van der Waals surface area contributed by atoms with Gasteiger partial charge in [-0.15, -0.1) is 6.42 Å². The van der Waals surface area contributed by atoms with E-state index >= 15 is 0 Å². The van der Waals surface area contributed by atoms with E-state index in [4.69, 9.17) is 15.6 Å². The first-order valence-corrected chi connectivity index (χ1v) is 6.76. The molecule has 2 aromatic rings. The van der Waals surface area contributed by atoms with Crippen molar-refractivity contribution >= 4 is 17.7 Å². The lowest BCUT2D eigenvalue weighted by Crippen LogP contribution is -1.99. The SMILES string of the molecule is C#CCOC(=O)/C=C/c1ccc(-c2ccc(OC)cc2[N+](=O)[O-])o1. The molecule has 1 heterocycles. The molecule has 1 aromatic carbocycles. The summed E-state index contributed by atoms with van der Waals surface area (Å²) >= 11 is 0. The molecule has 0 aliphatic heterocycles. The van der Waals surface area contributed by atoms with Crippen LogP contribution >= 0.6 is 0 Å². The second-order valence-corrected chi connectivity index (χ2v) is 4.49. The van der Waals surface area contributed by atoms with Gasteiger partial charge in [-0.3, -0.25) is 10.1 Å². The third-order valence-electron chi connectivity index (χ3n) is 2.98. The molecule has 0 saturated carbocycles. The van der Waals surface area contributed by atoms with Crippen LogP contribution in [0.15, 0.2) is 40.8 Å². The zero-order valence-corrected chi connectivity index (χ0v) is 12.7. The number of furan rings is 1. The first-order chi connectivity index (χ1) is 11.5. The van der Waals surface area contributed by atoms with E-state index in [1.54, 1.807) is 18.2 Å². The van der Waals surface area contributed by atoms with E-state index in [2.05, 4.69) is 10.7 Å². The van der Waals surface area contributed by atoms with Crippen LogP contribution in [0, 0.1) is 22.5 Å². The lowest BCUT2D eigenvalue weighted by molar-refractivity contribution is -0.384. The number of rotatable bonds is 6. The van der Waals surface area contributed by atoms with Crippen LogP contribution in [0.25, 0.3) is 17.4 Å². The quantitative estimate of drug-likeness (QED) is 0.266. The van der Waals surface area contributed by atoms with Crippen LogP contribution in [-0.2, 0) is 9.53 Å². The van der Waals surface area contributed by atoms with Crippen LogP contribution in [-0.4, -0.2) is 24.6 Å². The van der Waals surface area contributed by atoms with E-state index < -0.39 is 10.9 Å². The predicted octanol–water partition coefficient (Wildman–Crippen LogP) is 3.05. The molecule has 0 fully saturated rings. The Morgan fingerprint density at radius 3 is 2.88 bits per heavy atom. The van der Waals surface area contributed by atoms with Crippen molar-refractivity contribution in [2.75, 3.05) is 13.7 Å². The monoisotopic (exact) mass is 327 g/mol. The second-order valence-electron chi connectivity index (χ2n) is 4.49. The molecule has 0 spiro atoms. The highest BCUT2D eigenvalue weighted by atomic mass is 16.6. The number of nitro benzene ring substituents is 1. The number of hydrogen-bond donors (Lipinski definition) is 0. The van der Waals surface area contributed by atoms with Gasteiger partial charge >= 0.3 is 5.97 Å². The van der Waals surface area contributed by atoms with E-state index in [-0.39, 0.29) is 12.3 Å². The number of ether oxygens (including phenoxy) is 2. The van der Waals surface area contributed by atoms with Gasteiger partial charge in [0, 0.05) is 6.08 Å². The summed E-state index contributed by atoms with van der Waals surface area (Å²) in [6.45, 7) is -0.120. The summed E-state index contributed by atoms with van der Waals surface area (Å²) in [5, 5.41) is 11.2. The van der Waals surface area contributed by atoms with Crippen molar-refractivity contribution in [3.05, 3.63) is 52.3 Å².